The second kappa shape index (κ2) is 4.39. The fourth-order valence-electron chi connectivity index (χ4n) is 2.33. The SMILES string of the molecule is O=C1c2cc(O)ccc2CN1Cc1cccc(F)c1. The van der Waals surface area contributed by atoms with Gasteiger partial charge >= 0.3 is 0 Å². The average molecular weight is 257 g/mol. The summed E-state index contributed by atoms with van der Waals surface area (Å²) in [6.07, 6.45) is 0. The summed E-state index contributed by atoms with van der Waals surface area (Å²) in [4.78, 5) is 13.8. The van der Waals surface area contributed by atoms with Crippen molar-refractivity contribution >= 4 is 5.91 Å². The van der Waals surface area contributed by atoms with Crippen molar-refractivity contribution in [1.29, 1.82) is 0 Å². The number of nitrogens with zero attached hydrogens (tertiary/aromatic N) is 1. The molecule has 1 aliphatic rings. The number of halogens is 1. The van der Waals surface area contributed by atoms with Gasteiger partial charge < -0.3 is 10.0 Å². The van der Waals surface area contributed by atoms with Crippen molar-refractivity contribution in [3.63, 3.8) is 0 Å². The predicted molar refractivity (Wildman–Crippen MR) is 68.1 cm³/mol. The molecule has 2 aromatic rings. The highest BCUT2D eigenvalue weighted by atomic mass is 19.1. The van der Waals surface area contributed by atoms with Gasteiger partial charge in [-0.15, -0.1) is 0 Å². The normalized spacial score (nSPS) is 13.7. The minimum atomic E-state index is -0.306. The van der Waals surface area contributed by atoms with Gasteiger partial charge in [0.15, 0.2) is 0 Å². The Balaban J connectivity index is 1.84. The molecule has 19 heavy (non-hydrogen) atoms. The van der Waals surface area contributed by atoms with E-state index in [2.05, 4.69) is 0 Å². The van der Waals surface area contributed by atoms with E-state index in [0.29, 0.717) is 18.7 Å². The van der Waals surface area contributed by atoms with Gasteiger partial charge in [-0.25, -0.2) is 4.39 Å². The molecule has 1 aliphatic heterocycles. The van der Waals surface area contributed by atoms with E-state index in [1.165, 1.54) is 18.2 Å². The largest absolute Gasteiger partial charge is 0.508 e. The molecule has 0 aromatic heterocycles. The Morgan fingerprint density at radius 3 is 2.84 bits per heavy atom. The molecule has 0 fully saturated rings. The lowest BCUT2D eigenvalue weighted by Crippen LogP contribution is -2.23. The van der Waals surface area contributed by atoms with Crippen molar-refractivity contribution in [1.82, 2.24) is 4.90 Å². The first-order valence-corrected chi connectivity index (χ1v) is 5.99. The number of hydrogen-bond donors (Lipinski definition) is 1. The summed E-state index contributed by atoms with van der Waals surface area (Å²) >= 11 is 0. The minimum Gasteiger partial charge on any atom is -0.508 e. The van der Waals surface area contributed by atoms with Gasteiger partial charge in [-0.2, -0.15) is 0 Å². The number of hydrogen-bond acceptors (Lipinski definition) is 2. The van der Waals surface area contributed by atoms with Crippen molar-refractivity contribution in [2.45, 2.75) is 13.1 Å². The van der Waals surface area contributed by atoms with Crippen LogP contribution in [-0.2, 0) is 13.1 Å². The molecule has 0 bridgehead atoms. The molecule has 4 heteroatoms. The molecule has 1 heterocycles. The first kappa shape index (κ1) is 11.7. The van der Waals surface area contributed by atoms with Crippen molar-refractivity contribution < 1.29 is 14.3 Å². The summed E-state index contributed by atoms with van der Waals surface area (Å²) in [5.41, 5.74) is 2.17. The molecule has 0 unspecified atom stereocenters. The van der Waals surface area contributed by atoms with Gasteiger partial charge in [0.1, 0.15) is 11.6 Å². The molecule has 1 amide bonds. The molecule has 0 spiro atoms. The van der Waals surface area contributed by atoms with Crippen LogP contribution in [0.1, 0.15) is 21.5 Å². The predicted octanol–water partition coefficient (Wildman–Crippen LogP) is 2.69. The molecule has 0 radical (unpaired) electrons. The highest BCUT2D eigenvalue weighted by molar-refractivity contribution is 5.98. The summed E-state index contributed by atoms with van der Waals surface area (Å²) in [7, 11) is 0. The Hall–Kier alpha value is -2.36. The lowest BCUT2D eigenvalue weighted by Gasteiger charge is -2.15. The second-order valence-electron chi connectivity index (χ2n) is 4.63. The number of phenolic OH excluding ortho intramolecular Hbond substituents is 1. The molecular formula is C15H12FNO2. The summed E-state index contributed by atoms with van der Waals surface area (Å²) < 4.78 is 13.1. The average Bonchev–Trinajstić information content (AvgIpc) is 2.67. The maximum Gasteiger partial charge on any atom is 0.254 e. The topological polar surface area (TPSA) is 40.5 Å². The molecule has 3 nitrogen and oxygen atoms in total. The maximum absolute atomic E-state index is 13.1. The Labute approximate surface area is 109 Å². The van der Waals surface area contributed by atoms with Crippen molar-refractivity contribution in [3.05, 3.63) is 65.0 Å². The van der Waals surface area contributed by atoms with Gasteiger partial charge in [-0.05, 0) is 35.4 Å². The van der Waals surface area contributed by atoms with Crippen LogP contribution < -0.4 is 0 Å². The number of phenols is 1. The van der Waals surface area contributed by atoms with E-state index in [1.54, 1.807) is 29.2 Å². The van der Waals surface area contributed by atoms with E-state index in [9.17, 15) is 14.3 Å². The van der Waals surface area contributed by atoms with Crippen LogP contribution in [0.5, 0.6) is 5.75 Å². The molecule has 1 N–H and O–H groups in total. The van der Waals surface area contributed by atoms with Gasteiger partial charge in [-0.3, -0.25) is 4.79 Å². The van der Waals surface area contributed by atoms with Crippen molar-refractivity contribution in [3.8, 4) is 5.75 Å². The summed E-state index contributed by atoms with van der Waals surface area (Å²) in [6.45, 7) is 0.858. The maximum atomic E-state index is 13.1. The first-order valence-electron chi connectivity index (χ1n) is 5.99. The molecule has 0 atom stereocenters. The van der Waals surface area contributed by atoms with Gasteiger partial charge in [0, 0.05) is 18.7 Å². The fraction of sp³-hybridized carbons (Fsp3) is 0.133. The van der Waals surface area contributed by atoms with Gasteiger partial charge in [-0.1, -0.05) is 18.2 Å². The third-order valence-electron chi connectivity index (χ3n) is 3.23. The zero-order valence-electron chi connectivity index (χ0n) is 10.1. The molecule has 0 aliphatic carbocycles. The minimum absolute atomic E-state index is 0.0831. The Kier molecular flexibility index (Phi) is 2.71. The van der Waals surface area contributed by atoms with E-state index in [-0.39, 0.29) is 17.5 Å². The van der Waals surface area contributed by atoms with Crippen LogP contribution in [0.15, 0.2) is 42.5 Å². The molecule has 96 valence electrons. The van der Waals surface area contributed by atoms with E-state index >= 15 is 0 Å². The zero-order valence-corrected chi connectivity index (χ0v) is 10.1. The van der Waals surface area contributed by atoms with Crippen LogP contribution in [-0.4, -0.2) is 15.9 Å². The smallest absolute Gasteiger partial charge is 0.254 e. The number of fused-ring (bicyclic) bond motifs is 1. The summed E-state index contributed by atoms with van der Waals surface area (Å²) in [6, 6.07) is 11.0. The van der Waals surface area contributed by atoms with E-state index in [4.69, 9.17) is 0 Å². The van der Waals surface area contributed by atoms with Gasteiger partial charge in [0.05, 0.1) is 0 Å². The second-order valence-corrected chi connectivity index (χ2v) is 4.63. The zero-order chi connectivity index (χ0) is 13.4. The summed E-state index contributed by atoms with van der Waals surface area (Å²) in [5, 5.41) is 9.41. The van der Waals surface area contributed by atoms with Crippen molar-refractivity contribution in [2.24, 2.45) is 0 Å². The number of carbonyl (C=O) groups is 1. The van der Waals surface area contributed by atoms with Crippen molar-refractivity contribution in [2.75, 3.05) is 0 Å². The monoisotopic (exact) mass is 257 g/mol. The van der Waals surface area contributed by atoms with Crippen LogP contribution >= 0.6 is 0 Å². The third kappa shape index (κ3) is 2.17. The van der Waals surface area contributed by atoms with Gasteiger partial charge in [0.2, 0.25) is 0 Å². The van der Waals surface area contributed by atoms with Crippen LogP contribution in [0.3, 0.4) is 0 Å². The fourth-order valence-corrected chi connectivity index (χ4v) is 2.33. The lowest BCUT2D eigenvalue weighted by atomic mass is 10.1. The highest BCUT2D eigenvalue weighted by Crippen LogP contribution is 2.27. The Morgan fingerprint density at radius 2 is 2.05 bits per heavy atom. The quantitative estimate of drug-likeness (QED) is 0.898. The number of rotatable bonds is 2. The van der Waals surface area contributed by atoms with E-state index in [0.717, 1.165) is 11.1 Å². The molecule has 3 rings (SSSR count). The van der Waals surface area contributed by atoms with Gasteiger partial charge in [0.25, 0.3) is 5.91 Å². The third-order valence-corrected chi connectivity index (χ3v) is 3.23. The number of aromatic hydroxyl groups is 1. The van der Waals surface area contributed by atoms with Crippen LogP contribution in [0.4, 0.5) is 4.39 Å². The number of amides is 1. The van der Waals surface area contributed by atoms with Crippen LogP contribution in [0.2, 0.25) is 0 Å². The van der Waals surface area contributed by atoms with Crippen LogP contribution in [0.25, 0.3) is 0 Å². The number of carbonyl (C=O) groups excluding carboxylic acids is 1. The number of benzene rings is 2. The Morgan fingerprint density at radius 1 is 1.21 bits per heavy atom. The molecular weight excluding hydrogens is 245 g/mol. The van der Waals surface area contributed by atoms with Crippen LogP contribution in [0, 0.1) is 5.82 Å². The highest BCUT2D eigenvalue weighted by Gasteiger charge is 2.27. The first-order chi connectivity index (χ1) is 9.13. The lowest BCUT2D eigenvalue weighted by molar-refractivity contribution is 0.0766. The van der Waals surface area contributed by atoms with E-state index in [1.807, 2.05) is 0 Å². The molecule has 0 saturated carbocycles. The molecule has 0 saturated heterocycles. The van der Waals surface area contributed by atoms with E-state index < -0.39 is 0 Å². The Bertz CT molecular complexity index is 654. The standard InChI is InChI=1S/C15H12FNO2/c16-12-3-1-2-10(6-12)8-17-9-11-4-5-13(18)7-14(11)15(17)19/h1-7,18H,8-9H2. The summed E-state index contributed by atoms with van der Waals surface area (Å²) in [5.74, 6) is -0.353. The molecule has 2 aromatic carbocycles.